The van der Waals surface area contributed by atoms with Crippen LogP contribution in [0.15, 0.2) is 36.7 Å². The summed E-state index contributed by atoms with van der Waals surface area (Å²) in [5, 5.41) is 0. The van der Waals surface area contributed by atoms with E-state index in [-0.39, 0.29) is 11.9 Å². The minimum Gasteiger partial charge on any atom is -0.487 e. The summed E-state index contributed by atoms with van der Waals surface area (Å²) in [6.45, 7) is 0.511. The van der Waals surface area contributed by atoms with Crippen LogP contribution in [0.3, 0.4) is 0 Å². The van der Waals surface area contributed by atoms with E-state index in [0.29, 0.717) is 32.3 Å². The number of carbonyl (C=O) groups is 1. The van der Waals surface area contributed by atoms with E-state index in [1.807, 2.05) is 18.2 Å². The molecule has 3 aliphatic rings. The average Bonchev–Trinajstić information content (AvgIpc) is 3.09. The van der Waals surface area contributed by atoms with Gasteiger partial charge in [-0.15, -0.1) is 0 Å². The van der Waals surface area contributed by atoms with Crippen molar-refractivity contribution in [3.63, 3.8) is 0 Å². The van der Waals surface area contributed by atoms with Gasteiger partial charge in [0.05, 0.1) is 18.6 Å². The summed E-state index contributed by atoms with van der Waals surface area (Å²) in [5.41, 5.74) is 0.227. The highest BCUT2D eigenvalue weighted by Crippen LogP contribution is 2.47. The van der Waals surface area contributed by atoms with Gasteiger partial charge in [0.1, 0.15) is 6.10 Å². The Kier molecular flexibility index (Phi) is 2.87. The summed E-state index contributed by atoms with van der Waals surface area (Å²) in [6.07, 6.45) is 7.27. The molecule has 1 atom stereocenters. The fourth-order valence-electron chi connectivity index (χ4n) is 3.36. The molecule has 1 aromatic rings. The minimum atomic E-state index is -0.666. The Balaban J connectivity index is 1.45. The minimum absolute atomic E-state index is 0.0663. The van der Waals surface area contributed by atoms with Crippen LogP contribution in [-0.2, 0) is 19.0 Å². The van der Waals surface area contributed by atoms with Gasteiger partial charge < -0.3 is 14.2 Å². The number of ether oxygens (including phenoxy) is 3. The molecule has 4 rings (SSSR count). The second-order valence-corrected chi connectivity index (χ2v) is 5.86. The predicted octanol–water partition coefficient (Wildman–Crippen LogP) is 2.29. The van der Waals surface area contributed by atoms with Crippen LogP contribution in [-0.4, -0.2) is 28.8 Å². The van der Waals surface area contributed by atoms with Crippen LogP contribution in [0.4, 0.5) is 0 Å². The highest BCUT2D eigenvalue weighted by atomic mass is 16.7. The molecule has 21 heavy (non-hydrogen) atoms. The molecule has 2 aliphatic heterocycles. The molecule has 1 unspecified atom stereocenters. The molecule has 0 N–H and O–H groups in total. The Bertz CT molecular complexity index is 575. The molecule has 0 aromatic carbocycles. The molecular formula is C16H17NO4. The van der Waals surface area contributed by atoms with E-state index in [1.165, 1.54) is 12.3 Å². The number of carbonyl (C=O) groups excluding carboxylic acids is 1. The van der Waals surface area contributed by atoms with Crippen LogP contribution in [0, 0.1) is 0 Å². The third-order valence-corrected chi connectivity index (χ3v) is 4.65. The summed E-state index contributed by atoms with van der Waals surface area (Å²) < 4.78 is 17.6. The van der Waals surface area contributed by atoms with Gasteiger partial charge >= 0.3 is 0 Å². The van der Waals surface area contributed by atoms with Crippen molar-refractivity contribution in [3.8, 4) is 0 Å². The maximum atomic E-state index is 11.9. The number of pyridine rings is 1. The molecule has 0 amide bonds. The SMILES string of the molecule is O=C1C=COC12CCC1(CC2)OCC(c2ccccn2)O1. The second-order valence-electron chi connectivity index (χ2n) is 5.86. The largest absolute Gasteiger partial charge is 0.487 e. The smallest absolute Gasteiger partial charge is 0.202 e. The number of ketones is 1. The zero-order chi connectivity index (χ0) is 14.3. The lowest BCUT2D eigenvalue weighted by Gasteiger charge is -2.39. The molecule has 2 spiro atoms. The molecule has 0 radical (unpaired) electrons. The Labute approximate surface area is 122 Å². The first-order chi connectivity index (χ1) is 10.2. The van der Waals surface area contributed by atoms with E-state index in [2.05, 4.69) is 4.98 Å². The first-order valence-electron chi connectivity index (χ1n) is 7.33. The lowest BCUT2D eigenvalue weighted by Crippen LogP contribution is -2.47. The maximum absolute atomic E-state index is 11.9. The molecule has 110 valence electrons. The fraction of sp³-hybridized carbons (Fsp3) is 0.500. The monoisotopic (exact) mass is 287 g/mol. The summed E-state index contributed by atoms with van der Waals surface area (Å²) in [4.78, 5) is 16.3. The topological polar surface area (TPSA) is 57.7 Å². The van der Waals surface area contributed by atoms with Crippen molar-refractivity contribution in [2.75, 3.05) is 6.61 Å². The Morgan fingerprint density at radius 2 is 2.05 bits per heavy atom. The van der Waals surface area contributed by atoms with Gasteiger partial charge in [0.15, 0.2) is 11.4 Å². The highest BCUT2D eigenvalue weighted by molar-refractivity contribution is 5.98. The molecule has 2 fully saturated rings. The normalized spacial score (nSPS) is 38.3. The summed E-state index contributed by atoms with van der Waals surface area (Å²) in [6, 6.07) is 5.78. The molecule has 1 saturated carbocycles. The molecule has 5 heteroatoms. The zero-order valence-corrected chi connectivity index (χ0v) is 11.7. The number of aromatic nitrogens is 1. The second kappa shape index (κ2) is 4.64. The first-order valence-corrected chi connectivity index (χ1v) is 7.33. The van der Waals surface area contributed by atoms with Crippen LogP contribution in [0.1, 0.15) is 37.5 Å². The number of hydrogen-bond donors (Lipinski definition) is 0. The van der Waals surface area contributed by atoms with Gasteiger partial charge in [0.2, 0.25) is 5.78 Å². The molecular weight excluding hydrogens is 270 g/mol. The third-order valence-electron chi connectivity index (χ3n) is 4.65. The van der Waals surface area contributed by atoms with Crippen molar-refractivity contribution < 1.29 is 19.0 Å². The predicted molar refractivity (Wildman–Crippen MR) is 73.2 cm³/mol. The lowest BCUT2D eigenvalue weighted by atomic mass is 9.79. The molecule has 3 heterocycles. The highest BCUT2D eigenvalue weighted by Gasteiger charge is 2.53. The number of hydrogen-bond acceptors (Lipinski definition) is 5. The first kappa shape index (κ1) is 13.0. The third kappa shape index (κ3) is 2.08. The van der Waals surface area contributed by atoms with Crippen LogP contribution in [0.5, 0.6) is 0 Å². The van der Waals surface area contributed by atoms with Gasteiger partial charge in [-0.1, -0.05) is 6.07 Å². The molecule has 0 bridgehead atoms. The average molecular weight is 287 g/mol. The van der Waals surface area contributed by atoms with Gasteiger partial charge in [-0.2, -0.15) is 0 Å². The van der Waals surface area contributed by atoms with Crippen molar-refractivity contribution in [2.24, 2.45) is 0 Å². The van der Waals surface area contributed by atoms with Gasteiger partial charge in [-0.05, 0) is 25.0 Å². The standard InChI is InChI=1S/C16H17NO4/c18-14-4-10-19-15(14)5-7-16(8-6-15)20-11-13(21-16)12-3-1-2-9-17-12/h1-4,9-10,13H,5-8,11H2. The zero-order valence-electron chi connectivity index (χ0n) is 11.7. The van der Waals surface area contributed by atoms with Crippen molar-refractivity contribution in [2.45, 2.75) is 43.2 Å². The van der Waals surface area contributed by atoms with Gasteiger partial charge in [0.25, 0.3) is 0 Å². The lowest BCUT2D eigenvalue weighted by molar-refractivity contribution is -0.209. The Morgan fingerprint density at radius 1 is 1.19 bits per heavy atom. The Morgan fingerprint density at radius 3 is 2.71 bits per heavy atom. The van der Waals surface area contributed by atoms with Crippen LogP contribution in [0.25, 0.3) is 0 Å². The van der Waals surface area contributed by atoms with E-state index in [1.54, 1.807) is 6.20 Å². The van der Waals surface area contributed by atoms with Crippen molar-refractivity contribution in [1.29, 1.82) is 0 Å². The van der Waals surface area contributed by atoms with E-state index < -0.39 is 11.4 Å². The van der Waals surface area contributed by atoms with E-state index >= 15 is 0 Å². The molecule has 1 aromatic heterocycles. The maximum Gasteiger partial charge on any atom is 0.202 e. The van der Waals surface area contributed by atoms with Gasteiger partial charge in [-0.3, -0.25) is 9.78 Å². The van der Waals surface area contributed by atoms with Crippen LogP contribution in [0.2, 0.25) is 0 Å². The summed E-state index contributed by atoms with van der Waals surface area (Å²) in [5.74, 6) is -0.517. The molecule has 1 aliphatic carbocycles. The van der Waals surface area contributed by atoms with Gasteiger partial charge in [0, 0.05) is 25.1 Å². The fourth-order valence-corrected chi connectivity index (χ4v) is 3.36. The van der Waals surface area contributed by atoms with Crippen LogP contribution >= 0.6 is 0 Å². The van der Waals surface area contributed by atoms with Crippen LogP contribution < -0.4 is 0 Å². The van der Waals surface area contributed by atoms with Crippen molar-refractivity contribution in [1.82, 2.24) is 4.98 Å². The van der Waals surface area contributed by atoms with Crippen molar-refractivity contribution >= 4 is 5.78 Å². The summed E-state index contributed by atoms with van der Waals surface area (Å²) >= 11 is 0. The Hall–Kier alpha value is -1.72. The molecule has 5 nitrogen and oxygen atoms in total. The number of nitrogens with zero attached hydrogens (tertiary/aromatic N) is 1. The molecule has 1 saturated heterocycles. The summed E-state index contributed by atoms with van der Waals surface area (Å²) in [7, 11) is 0. The van der Waals surface area contributed by atoms with Gasteiger partial charge in [-0.25, -0.2) is 0 Å². The van der Waals surface area contributed by atoms with E-state index in [4.69, 9.17) is 14.2 Å². The van der Waals surface area contributed by atoms with E-state index in [0.717, 1.165) is 5.69 Å². The number of rotatable bonds is 1. The van der Waals surface area contributed by atoms with E-state index in [9.17, 15) is 4.79 Å². The van der Waals surface area contributed by atoms with Crippen molar-refractivity contribution in [3.05, 3.63) is 42.4 Å². The quantitative estimate of drug-likeness (QED) is 0.793.